The van der Waals surface area contributed by atoms with Crippen molar-refractivity contribution in [3.05, 3.63) is 202 Å². The van der Waals surface area contributed by atoms with Gasteiger partial charge in [0.05, 0.1) is 5.41 Å². The van der Waals surface area contributed by atoms with Crippen molar-refractivity contribution < 1.29 is 24.1 Å². The average molecular weight is 954 g/mol. The van der Waals surface area contributed by atoms with Crippen molar-refractivity contribution in [2.45, 2.75) is 31.6 Å². The summed E-state index contributed by atoms with van der Waals surface area (Å²) in [4.78, 5) is 5.07. The van der Waals surface area contributed by atoms with E-state index >= 15 is 0 Å². The molecule has 0 N–H and O–H groups in total. The Morgan fingerprint density at radius 3 is 1.90 bits per heavy atom. The van der Waals surface area contributed by atoms with Gasteiger partial charge in [-0.15, -0.1) is 0 Å². The molecule has 12 rings (SSSR count). The number of fused-ring (bicyclic) bond motifs is 14. The van der Waals surface area contributed by atoms with Crippen molar-refractivity contribution in [1.29, 1.82) is 0 Å². The van der Waals surface area contributed by atoms with Gasteiger partial charge in [-0.25, -0.2) is 0 Å². The fourth-order valence-corrected chi connectivity index (χ4v) is 10.9. The van der Waals surface area contributed by atoms with Crippen molar-refractivity contribution in [2.24, 2.45) is 7.05 Å². The van der Waals surface area contributed by atoms with Crippen LogP contribution in [0.15, 0.2) is 158 Å². The van der Waals surface area contributed by atoms with Gasteiger partial charge in [-0.1, -0.05) is 93.6 Å². The van der Waals surface area contributed by atoms with E-state index in [2.05, 4.69) is 206 Å². The number of aromatic nitrogens is 4. The first-order chi connectivity index (χ1) is 29.2. The van der Waals surface area contributed by atoms with Crippen LogP contribution in [0.4, 0.5) is 0 Å². The summed E-state index contributed by atoms with van der Waals surface area (Å²) in [6.45, 7) is 6.75. The molecule has 6 heteroatoms. The van der Waals surface area contributed by atoms with Gasteiger partial charge in [0.15, 0.2) is 0 Å². The second-order valence-corrected chi connectivity index (χ2v) is 18.0. The Morgan fingerprint density at radius 2 is 1.20 bits per heavy atom. The Labute approximate surface area is 359 Å². The summed E-state index contributed by atoms with van der Waals surface area (Å²) in [5, 5.41) is 2.24. The molecular formula is C54H38N4OPt-2. The summed E-state index contributed by atoms with van der Waals surface area (Å²) in [6, 6.07) is 62.2. The predicted molar refractivity (Wildman–Crippen MR) is 237 cm³/mol. The zero-order valence-corrected chi connectivity index (χ0v) is 35.8. The van der Waals surface area contributed by atoms with Crippen LogP contribution < -0.4 is 4.74 Å². The van der Waals surface area contributed by atoms with Gasteiger partial charge in [-0.3, -0.25) is 0 Å². The van der Waals surface area contributed by atoms with Gasteiger partial charge in [-0.2, -0.15) is 0 Å². The fourth-order valence-electron chi connectivity index (χ4n) is 10.0. The van der Waals surface area contributed by atoms with Gasteiger partial charge < -0.3 is 0 Å². The first kappa shape index (κ1) is 35.4. The maximum absolute atomic E-state index is 6.69. The summed E-state index contributed by atoms with van der Waals surface area (Å²) in [5.41, 5.74) is 16.2. The molecule has 0 atom stereocenters. The van der Waals surface area contributed by atoms with Crippen molar-refractivity contribution >= 4 is 32.8 Å². The monoisotopic (exact) mass is 953 g/mol. The molecule has 0 saturated carbocycles. The first-order valence-electron chi connectivity index (χ1n) is 20.4. The van der Waals surface area contributed by atoms with Crippen LogP contribution in [-0.2, 0) is 37.2 Å². The van der Waals surface area contributed by atoms with Crippen LogP contribution in [0, 0.1) is 15.9 Å². The van der Waals surface area contributed by atoms with E-state index in [-0.39, 0.29) is 5.41 Å². The molecule has 292 valence electrons. The molecule has 0 amide bonds. The first-order valence-corrected chi connectivity index (χ1v) is 21.5. The van der Waals surface area contributed by atoms with E-state index in [1.54, 1.807) is 0 Å². The topological polar surface area (TPSA) is 36.9 Å². The second kappa shape index (κ2) is 12.7. The summed E-state index contributed by atoms with van der Waals surface area (Å²) in [6.07, 6.45) is 1.94. The van der Waals surface area contributed by atoms with E-state index in [1.165, 1.54) is 50.1 Å². The molecular weight excluding hydrogens is 916 g/mol. The maximum atomic E-state index is 6.69. The van der Waals surface area contributed by atoms with Crippen molar-refractivity contribution in [3.8, 4) is 45.3 Å². The van der Waals surface area contributed by atoms with Crippen LogP contribution >= 0.6 is 0 Å². The van der Waals surface area contributed by atoms with Gasteiger partial charge in [0.2, 0.25) is 0 Å². The van der Waals surface area contributed by atoms with E-state index in [9.17, 15) is 0 Å². The minimum atomic E-state index is -0.464. The molecule has 7 aromatic carbocycles. The molecule has 5 nitrogen and oxygen atoms in total. The SMILES string of the molecule is Cn1[c](=[Pt])n(-c2[c-]c(Oc3[c-]c4c(cc3)c3cc5c(cc3n4-c3cc(C(C)(C)C)ccn3)C3(c4ccccc4-c4ccccc43)c3ccccc3-5)ccc2)c2ccccc21. The molecule has 3 heterocycles. The Kier molecular flexibility index (Phi) is 7.51. The van der Waals surface area contributed by atoms with Gasteiger partial charge in [0.1, 0.15) is 0 Å². The van der Waals surface area contributed by atoms with E-state index in [1.807, 2.05) is 24.4 Å². The Morgan fingerprint density at radius 1 is 0.567 bits per heavy atom. The van der Waals surface area contributed by atoms with Crippen molar-refractivity contribution in [1.82, 2.24) is 18.7 Å². The molecule has 1 spiro atoms. The third-order valence-electron chi connectivity index (χ3n) is 12.7. The molecule has 10 aromatic rings. The number of hydrogen-bond donors (Lipinski definition) is 0. The molecule has 2 aliphatic carbocycles. The van der Waals surface area contributed by atoms with Crippen LogP contribution in [0.1, 0.15) is 48.6 Å². The van der Waals surface area contributed by atoms with Crippen LogP contribution in [0.3, 0.4) is 0 Å². The number of hydrogen-bond acceptors (Lipinski definition) is 2. The molecule has 0 saturated heterocycles. The van der Waals surface area contributed by atoms with E-state index in [4.69, 9.17) is 9.72 Å². The number of aryl methyl sites for hydroxylation is 1. The molecule has 0 fully saturated rings. The van der Waals surface area contributed by atoms with Crippen LogP contribution in [0.25, 0.3) is 66.6 Å². The molecule has 0 bridgehead atoms. The van der Waals surface area contributed by atoms with Crippen LogP contribution in [-0.4, -0.2) is 18.7 Å². The second-order valence-electron chi connectivity index (χ2n) is 17.0. The standard InChI is InChI=1S/C54H38N4O.Pt/c1-53(2,3)34-26-27-55-52(28-34)58-50-30-37(59-36-15-13-14-35(29-36)57-33-56(4)48-22-11-12-23-49(48)57)24-25-41(50)43-31-42-40-18-7-10-21-46(40)54(47(42)32-51(43)58)44-19-8-5-16-38(44)39-17-6-9-20-45(39)54;/h5-28,31-32H,1-4H3;/q-2;. The quantitative estimate of drug-likeness (QED) is 0.165. The Bertz CT molecular complexity index is 3460. The Hall–Kier alpha value is -6.55. The molecule has 3 aromatic heterocycles. The number of ether oxygens (including phenoxy) is 1. The van der Waals surface area contributed by atoms with E-state index < -0.39 is 5.41 Å². The van der Waals surface area contributed by atoms with Crippen molar-refractivity contribution in [3.63, 3.8) is 0 Å². The molecule has 2 aliphatic rings. The number of pyridine rings is 1. The zero-order chi connectivity index (χ0) is 40.5. The number of nitrogens with zero attached hydrogens (tertiary/aromatic N) is 4. The third-order valence-corrected chi connectivity index (χ3v) is 14.0. The fraction of sp³-hybridized carbons (Fsp3) is 0.111. The summed E-state index contributed by atoms with van der Waals surface area (Å²) in [5.74, 6) is 2.08. The Balaban J connectivity index is 1.09. The predicted octanol–water partition coefficient (Wildman–Crippen LogP) is 12.6. The number of benzene rings is 7. The van der Waals surface area contributed by atoms with Gasteiger partial charge >= 0.3 is 194 Å². The van der Waals surface area contributed by atoms with E-state index in [0.29, 0.717) is 11.5 Å². The van der Waals surface area contributed by atoms with Gasteiger partial charge in [0, 0.05) is 6.20 Å². The number of imidazole rings is 1. The molecule has 60 heavy (non-hydrogen) atoms. The summed E-state index contributed by atoms with van der Waals surface area (Å²) >= 11 is 2.38. The van der Waals surface area contributed by atoms with Crippen molar-refractivity contribution in [2.75, 3.05) is 0 Å². The number of rotatable bonds is 4. The third kappa shape index (κ3) is 4.84. The van der Waals surface area contributed by atoms with E-state index in [0.717, 1.165) is 48.1 Å². The molecule has 0 radical (unpaired) electrons. The van der Waals surface area contributed by atoms with Crippen LogP contribution in [0.2, 0.25) is 0 Å². The average Bonchev–Trinajstić information content (AvgIpc) is 3.94. The normalized spacial score (nSPS) is 13.6. The van der Waals surface area contributed by atoms with Gasteiger partial charge in [-0.05, 0) is 61.6 Å². The minimum absolute atomic E-state index is 0.0700. The summed E-state index contributed by atoms with van der Waals surface area (Å²) < 4.78 is 14.5. The summed E-state index contributed by atoms with van der Waals surface area (Å²) in [7, 11) is 2.09. The zero-order valence-electron chi connectivity index (χ0n) is 33.5. The van der Waals surface area contributed by atoms with Gasteiger partial charge in [0.25, 0.3) is 0 Å². The molecule has 0 unspecified atom stereocenters. The number of para-hydroxylation sites is 2. The molecule has 0 aliphatic heterocycles. The van der Waals surface area contributed by atoms with Crippen LogP contribution in [0.5, 0.6) is 11.5 Å².